The van der Waals surface area contributed by atoms with Crippen LogP contribution in [0, 0.1) is 5.92 Å². The molecule has 0 aromatic carbocycles. The summed E-state index contributed by atoms with van der Waals surface area (Å²) in [5, 5.41) is 7.98. The summed E-state index contributed by atoms with van der Waals surface area (Å²) in [6.45, 7) is 8.24. The first kappa shape index (κ1) is 11.9. The minimum atomic E-state index is -0.304. The van der Waals surface area contributed by atoms with E-state index < -0.39 is 0 Å². The molecule has 0 spiro atoms. The molecule has 3 aliphatic rings. The predicted octanol–water partition coefficient (Wildman–Crippen LogP) is 2.17. The molecule has 0 aromatic heterocycles. The molecule has 4 nitrogen and oxygen atoms in total. The van der Waals surface area contributed by atoms with Crippen LogP contribution >= 0.6 is 0 Å². The summed E-state index contributed by atoms with van der Waals surface area (Å²) in [5.74, 6) is 0.170. The standard InChI is InChI=1S/C13H17BN2O2/c1-12(2)13(3,4)18-14(17-12)10-5-6-11-9(7-10)8-15-16-11/h5-9H,1-4H3/t9-/m0/s1. The Morgan fingerprint density at radius 1 is 1.11 bits per heavy atom. The summed E-state index contributed by atoms with van der Waals surface area (Å²) < 4.78 is 12.1. The van der Waals surface area contributed by atoms with E-state index in [0.29, 0.717) is 0 Å². The van der Waals surface area contributed by atoms with Gasteiger partial charge >= 0.3 is 7.12 Å². The average molecular weight is 244 g/mol. The maximum absolute atomic E-state index is 6.03. The first-order valence-corrected chi connectivity index (χ1v) is 6.25. The molecule has 0 amide bonds. The molecule has 1 saturated heterocycles. The number of nitrogens with zero attached hydrogens (tertiary/aromatic N) is 2. The van der Waals surface area contributed by atoms with Gasteiger partial charge < -0.3 is 9.31 Å². The van der Waals surface area contributed by atoms with Gasteiger partial charge in [0.2, 0.25) is 0 Å². The first-order chi connectivity index (χ1) is 8.39. The van der Waals surface area contributed by atoms with Gasteiger partial charge in [0.15, 0.2) is 0 Å². The molecule has 0 N–H and O–H groups in total. The number of hydrogen-bond acceptors (Lipinski definition) is 4. The number of allylic oxidation sites excluding steroid dienone is 4. The highest BCUT2D eigenvalue weighted by molar-refractivity contribution is 6.56. The van der Waals surface area contributed by atoms with E-state index in [9.17, 15) is 0 Å². The number of hydrogen-bond donors (Lipinski definition) is 0. The van der Waals surface area contributed by atoms with Crippen molar-refractivity contribution in [2.75, 3.05) is 0 Å². The van der Waals surface area contributed by atoms with Crippen molar-refractivity contribution in [2.45, 2.75) is 38.9 Å². The second-order valence-electron chi connectivity index (χ2n) is 5.90. The fraction of sp³-hybridized carbons (Fsp3) is 0.538. The molecule has 0 saturated carbocycles. The minimum Gasteiger partial charge on any atom is -0.399 e. The molecule has 18 heavy (non-hydrogen) atoms. The van der Waals surface area contributed by atoms with E-state index in [1.165, 1.54) is 0 Å². The smallest absolute Gasteiger partial charge is 0.399 e. The highest BCUT2D eigenvalue weighted by Gasteiger charge is 2.52. The van der Waals surface area contributed by atoms with Gasteiger partial charge in [0.1, 0.15) is 0 Å². The Bertz CT molecular complexity index is 487. The van der Waals surface area contributed by atoms with Crippen molar-refractivity contribution in [3.63, 3.8) is 0 Å². The van der Waals surface area contributed by atoms with Gasteiger partial charge in [-0.1, -0.05) is 12.2 Å². The monoisotopic (exact) mass is 244 g/mol. The third-order valence-corrected chi connectivity index (χ3v) is 4.09. The number of fused-ring (bicyclic) bond motifs is 1. The molecule has 1 aliphatic carbocycles. The zero-order valence-corrected chi connectivity index (χ0v) is 11.2. The minimum absolute atomic E-state index is 0.170. The third kappa shape index (κ3) is 1.69. The Labute approximate surface area is 108 Å². The molecule has 0 bridgehead atoms. The summed E-state index contributed by atoms with van der Waals surface area (Å²) in [6.07, 6.45) is 7.94. The zero-order chi connectivity index (χ0) is 13.0. The van der Waals surface area contributed by atoms with Gasteiger partial charge in [-0.05, 0) is 39.2 Å². The molecular formula is C13H17BN2O2. The molecule has 2 aliphatic heterocycles. The Hall–Kier alpha value is -1.20. The fourth-order valence-electron chi connectivity index (χ4n) is 2.17. The van der Waals surface area contributed by atoms with Gasteiger partial charge in [-0.2, -0.15) is 10.2 Å². The van der Waals surface area contributed by atoms with Crippen LogP contribution in [0.15, 0.2) is 33.9 Å². The summed E-state index contributed by atoms with van der Waals surface area (Å²) in [7, 11) is -0.304. The summed E-state index contributed by atoms with van der Waals surface area (Å²) in [4.78, 5) is 0. The van der Waals surface area contributed by atoms with Gasteiger partial charge in [0.05, 0.1) is 22.8 Å². The molecule has 1 fully saturated rings. The molecule has 5 heteroatoms. The van der Waals surface area contributed by atoms with E-state index in [4.69, 9.17) is 9.31 Å². The van der Waals surface area contributed by atoms with Crippen molar-refractivity contribution in [1.82, 2.24) is 0 Å². The van der Waals surface area contributed by atoms with Crippen molar-refractivity contribution in [3.05, 3.63) is 23.7 Å². The van der Waals surface area contributed by atoms with E-state index in [2.05, 4.69) is 44.0 Å². The molecule has 0 unspecified atom stereocenters. The van der Waals surface area contributed by atoms with Crippen molar-refractivity contribution in [1.29, 1.82) is 0 Å². The molecule has 0 radical (unpaired) electrons. The Morgan fingerprint density at radius 3 is 2.44 bits per heavy atom. The molecular weight excluding hydrogens is 227 g/mol. The first-order valence-electron chi connectivity index (χ1n) is 6.25. The van der Waals surface area contributed by atoms with Gasteiger partial charge in [0, 0.05) is 6.21 Å². The second-order valence-corrected chi connectivity index (χ2v) is 5.90. The van der Waals surface area contributed by atoms with Crippen LogP contribution in [0.2, 0.25) is 0 Å². The van der Waals surface area contributed by atoms with Gasteiger partial charge in [-0.15, -0.1) is 0 Å². The summed E-state index contributed by atoms with van der Waals surface area (Å²) in [6, 6.07) is 0. The van der Waals surface area contributed by atoms with Crippen LogP contribution in [0.3, 0.4) is 0 Å². The van der Waals surface area contributed by atoms with Crippen molar-refractivity contribution in [3.8, 4) is 0 Å². The lowest BCUT2D eigenvalue weighted by molar-refractivity contribution is 0.00578. The summed E-state index contributed by atoms with van der Waals surface area (Å²) >= 11 is 0. The van der Waals surface area contributed by atoms with Crippen LogP contribution in [0.5, 0.6) is 0 Å². The van der Waals surface area contributed by atoms with Crippen LogP contribution in [-0.4, -0.2) is 30.2 Å². The van der Waals surface area contributed by atoms with E-state index in [-0.39, 0.29) is 24.2 Å². The van der Waals surface area contributed by atoms with Crippen LogP contribution in [0.1, 0.15) is 27.7 Å². The van der Waals surface area contributed by atoms with Crippen molar-refractivity contribution >= 4 is 19.0 Å². The third-order valence-electron chi connectivity index (χ3n) is 4.09. The summed E-state index contributed by atoms with van der Waals surface area (Å²) in [5.41, 5.74) is 1.43. The Kier molecular flexibility index (Phi) is 2.41. The van der Waals surface area contributed by atoms with Crippen LogP contribution in [0.25, 0.3) is 0 Å². The largest absolute Gasteiger partial charge is 0.494 e. The topological polar surface area (TPSA) is 43.2 Å². The molecule has 3 rings (SSSR count). The predicted molar refractivity (Wildman–Crippen MR) is 72.7 cm³/mol. The number of rotatable bonds is 1. The van der Waals surface area contributed by atoms with Gasteiger partial charge in [0.25, 0.3) is 0 Å². The molecule has 2 heterocycles. The highest BCUT2D eigenvalue weighted by Crippen LogP contribution is 2.39. The van der Waals surface area contributed by atoms with Crippen molar-refractivity contribution < 1.29 is 9.31 Å². The van der Waals surface area contributed by atoms with Crippen LogP contribution in [-0.2, 0) is 9.31 Å². The van der Waals surface area contributed by atoms with E-state index in [1.807, 2.05) is 18.4 Å². The van der Waals surface area contributed by atoms with Crippen LogP contribution in [0.4, 0.5) is 0 Å². The average Bonchev–Trinajstić information content (AvgIpc) is 2.80. The fourth-order valence-corrected chi connectivity index (χ4v) is 2.17. The molecule has 0 aromatic rings. The lowest BCUT2D eigenvalue weighted by Crippen LogP contribution is -2.41. The molecule has 1 atom stereocenters. The zero-order valence-electron chi connectivity index (χ0n) is 11.2. The maximum Gasteiger partial charge on any atom is 0.494 e. The Morgan fingerprint density at radius 2 is 1.78 bits per heavy atom. The second kappa shape index (κ2) is 3.65. The van der Waals surface area contributed by atoms with E-state index >= 15 is 0 Å². The van der Waals surface area contributed by atoms with E-state index in [1.54, 1.807) is 0 Å². The quantitative estimate of drug-likeness (QED) is 0.663. The van der Waals surface area contributed by atoms with Gasteiger partial charge in [-0.25, -0.2) is 0 Å². The SMILES string of the molecule is CC1(C)OB(C2=C[C@H]3C=NN=C3C=C2)OC1(C)C. The Balaban J connectivity index is 1.84. The van der Waals surface area contributed by atoms with Gasteiger partial charge in [-0.3, -0.25) is 0 Å². The van der Waals surface area contributed by atoms with Crippen LogP contribution < -0.4 is 0 Å². The lowest BCUT2D eigenvalue weighted by atomic mass is 9.73. The normalized spacial score (nSPS) is 31.3. The van der Waals surface area contributed by atoms with Crippen molar-refractivity contribution in [2.24, 2.45) is 16.1 Å². The molecule has 94 valence electrons. The lowest BCUT2D eigenvalue weighted by Gasteiger charge is -2.32. The van der Waals surface area contributed by atoms with E-state index in [0.717, 1.165) is 11.2 Å². The highest BCUT2D eigenvalue weighted by atomic mass is 16.7. The maximum atomic E-state index is 6.03.